The minimum atomic E-state index is -0.169. The van der Waals surface area contributed by atoms with Gasteiger partial charge in [-0.25, -0.2) is 4.79 Å². The van der Waals surface area contributed by atoms with E-state index in [1.165, 1.54) is 0 Å². The van der Waals surface area contributed by atoms with Gasteiger partial charge in [-0.15, -0.1) is 0 Å². The van der Waals surface area contributed by atoms with Gasteiger partial charge in [0.1, 0.15) is 0 Å². The van der Waals surface area contributed by atoms with Crippen molar-refractivity contribution < 1.29 is 9.59 Å². The third-order valence-corrected chi connectivity index (χ3v) is 5.99. The molecule has 0 aromatic heterocycles. The summed E-state index contributed by atoms with van der Waals surface area (Å²) in [5.74, 6) is 0.104. The Morgan fingerprint density at radius 3 is 2.77 bits per heavy atom. The lowest BCUT2D eigenvalue weighted by atomic mass is 9.98. The largest absolute Gasteiger partial charge is 0.335 e. The van der Waals surface area contributed by atoms with Crippen LogP contribution in [0, 0.1) is 0 Å². The second kappa shape index (κ2) is 6.91. The topological polar surface area (TPSA) is 64.7 Å². The minimum absolute atomic E-state index is 0.104. The van der Waals surface area contributed by atoms with E-state index in [9.17, 15) is 9.59 Å². The van der Waals surface area contributed by atoms with Gasteiger partial charge in [0.15, 0.2) is 0 Å². The van der Waals surface area contributed by atoms with Crippen molar-refractivity contribution in [3.8, 4) is 0 Å². The number of nitrogens with zero attached hydrogens (tertiary/aromatic N) is 2. The molecular formula is C20H28N4O2. The van der Waals surface area contributed by atoms with Crippen LogP contribution in [0.25, 0.3) is 0 Å². The number of fused-ring (bicyclic) bond motifs is 1. The second-order valence-corrected chi connectivity index (χ2v) is 7.79. The van der Waals surface area contributed by atoms with E-state index in [4.69, 9.17) is 0 Å². The van der Waals surface area contributed by atoms with Crippen LogP contribution in [0.5, 0.6) is 0 Å². The van der Waals surface area contributed by atoms with Crippen molar-refractivity contribution in [2.45, 2.75) is 64.2 Å². The first-order valence-corrected chi connectivity index (χ1v) is 9.81. The molecule has 2 fully saturated rings. The number of anilines is 1. The number of amides is 3. The molecule has 2 N–H and O–H groups in total. The quantitative estimate of drug-likeness (QED) is 0.872. The first-order chi connectivity index (χ1) is 12.6. The molecule has 2 aliphatic heterocycles. The summed E-state index contributed by atoms with van der Waals surface area (Å²) in [6.45, 7) is 7.09. The SMILES string of the molecule is CCN1CCC(NC(=O)Nc2cccc3c2CN(C2CC2)C3=O)CC1C. The van der Waals surface area contributed by atoms with E-state index in [1.54, 1.807) is 0 Å². The Morgan fingerprint density at radius 2 is 2.08 bits per heavy atom. The lowest BCUT2D eigenvalue weighted by Gasteiger charge is -2.37. The Labute approximate surface area is 154 Å². The van der Waals surface area contributed by atoms with Gasteiger partial charge in [-0.3, -0.25) is 4.79 Å². The van der Waals surface area contributed by atoms with Gasteiger partial charge in [-0.1, -0.05) is 13.0 Å². The average Bonchev–Trinajstić information content (AvgIpc) is 3.40. The number of likely N-dealkylation sites (tertiary alicyclic amines) is 1. The summed E-state index contributed by atoms with van der Waals surface area (Å²) in [5, 5.41) is 6.10. The van der Waals surface area contributed by atoms with Gasteiger partial charge >= 0.3 is 6.03 Å². The molecule has 140 valence electrons. The van der Waals surface area contributed by atoms with Gasteiger partial charge in [0, 0.05) is 48.0 Å². The third kappa shape index (κ3) is 3.30. The van der Waals surface area contributed by atoms with Crippen molar-refractivity contribution >= 4 is 17.6 Å². The third-order valence-electron chi connectivity index (χ3n) is 5.99. The molecule has 2 atom stereocenters. The molecule has 0 spiro atoms. The van der Waals surface area contributed by atoms with Crippen molar-refractivity contribution in [1.29, 1.82) is 0 Å². The molecule has 1 aliphatic carbocycles. The van der Waals surface area contributed by atoms with Crippen molar-refractivity contribution in [2.75, 3.05) is 18.4 Å². The Morgan fingerprint density at radius 1 is 1.27 bits per heavy atom. The number of hydrogen-bond acceptors (Lipinski definition) is 3. The van der Waals surface area contributed by atoms with Crippen LogP contribution in [0.4, 0.5) is 10.5 Å². The number of rotatable bonds is 4. The average molecular weight is 356 g/mol. The minimum Gasteiger partial charge on any atom is -0.335 e. The molecule has 0 bridgehead atoms. The van der Waals surface area contributed by atoms with Crippen LogP contribution >= 0.6 is 0 Å². The summed E-state index contributed by atoms with van der Waals surface area (Å²) < 4.78 is 0. The van der Waals surface area contributed by atoms with E-state index in [2.05, 4.69) is 29.4 Å². The lowest BCUT2D eigenvalue weighted by molar-refractivity contribution is 0.0766. The first-order valence-electron chi connectivity index (χ1n) is 9.81. The number of carbonyl (C=O) groups is 2. The molecule has 26 heavy (non-hydrogen) atoms. The van der Waals surface area contributed by atoms with Gasteiger partial charge in [-0.05, 0) is 51.3 Å². The molecule has 6 heteroatoms. The molecule has 4 rings (SSSR count). The van der Waals surface area contributed by atoms with E-state index in [1.807, 2.05) is 23.1 Å². The summed E-state index contributed by atoms with van der Waals surface area (Å²) in [7, 11) is 0. The maximum Gasteiger partial charge on any atom is 0.319 e. The summed E-state index contributed by atoms with van der Waals surface area (Å²) in [5.41, 5.74) is 2.45. The second-order valence-electron chi connectivity index (χ2n) is 7.79. The Hall–Kier alpha value is -2.08. The highest BCUT2D eigenvalue weighted by Gasteiger charge is 2.39. The van der Waals surface area contributed by atoms with E-state index >= 15 is 0 Å². The Balaban J connectivity index is 1.39. The van der Waals surface area contributed by atoms with Gasteiger partial charge in [0.05, 0.1) is 0 Å². The maximum absolute atomic E-state index is 12.5. The highest BCUT2D eigenvalue weighted by molar-refractivity contribution is 6.02. The zero-order valence-corrected chi connectivity index (χ0v) is 15.6. The normalized spacial score (nSPS) is 25.9. The maximum atomic E-state index is 12.5. The summed E-state index contributed by atoms with van der Waals surface area (Å²) in [4.78, 5) is 29.4. The molecule has 2 heterocycles. The fraction of sp³-hybridized carbons (Fsp3) is 0.600. The monoisotopic (exact) mass is 356 g/mol. The highest BCUT2D eigenvalue weighted by atomic mass is 16.2. The molecule has 3 amide bonds. The molecule has 0 radical (unpaired) electrons. The smallest absolute Gasteiger partial charge is 0.319 e. The molecule has 6 nitrogen and oxygen atoms in total. The number of piperidine rings is 1. The zero-order valence-electron chi connectivity index (χ0n) is 15.6. The molecule has 1 saturated carbocycles. The predicted octanol–water partition coefficient (Wildman–Crippen LogP) is 2.80. The number of nitrogens with one attached hydrogen (secondary N) is 2. The Kier molecular flexibility index (Phi) is 4.61. The summed E-state index contributed by atoms with van der Waals surface area (Å²) >= 11 is 0. The van der Waals surface area contributed by atoms with Crippen molar-refractivity contribution in [2.24, 2.45) is 0 Å². The van der Waals surface area contributed by atoms with E-state index < -0.39 is 0 Å². The molecule has 1 aromatic carbocycles. The van der Waals surface area contributed by atoms with Gasteiger partial charge in [0.2, 0.25) is 0 Å². The first kappa shape index (κ1) is 17.3. The van der Waals surface area contributed by atoms with Crippen LogP contribution in [0.2, 0.25) is 0 Å². The number of benzene rings is 1. The van der Waals surface area contributed by atoms with Gasteiger partial charge in [-0.2, -0.15) is 0 Å². The fourth-order valence-corrected chi connectivity index (χ4v) is 4.32. The van der Waals surface area contributed by atoms with Crippen molar-refractivity contribution in [3.05, 3.63) is 29.3 Å². The molecule has 1 saturated heterocycles. The van der Waals surface area contributed by atoms with Crippen LogP contribution in [-0.4, -0.2) is 53.0 Å². The van der Waals surface area contributed by atoms with Crippen LogP contribution in [0.1, 0.15) is 55.5 Å². The number of carbonyl (C=O) groups excluding carboxylic acids is 2. The van der Waals surface area contributed by atoms with Crippen LogP contribution in [-0.2, 0) is 6.54 Å². The van der Waals surface area contributed by atoms with Crippen molar-refractivity contribution in [1.82, 2.24) is 15.1 Å². The number of hydrogen-bond donors (Lipinski definition) is 2. The molecule has 2 unspecified atom stereocenters. The number of urea groups is 1. The zero-order chi connectivity index (χ0) is 18.3. The Bertz CT molecular complexity index is 716. The lowest BCUT2D eigenvalue weighted by Crippen LogP contribution is -2.49. The van der Waals surface area contributed by atoms with Gasteiger partial charge < -0.3 is 20.4 Å². The molecule has 1 aromatic rings. The van der Waals surface area contributed by atoms with Crippen LogP contribution < -0.4 is 10.6 Å². The summed E-state index contributed by atoms with van der Waals surface area (Å²) in [6.07, 6.45) is 4.14. The van der Waals surface area contributed by atoms with Crippen LogP contribution in [0.3, 0.4) is 0 Å². The van der Waals surface area contributed by atoms with Crippen molar-refractivity contribution in [3.63, 3.8) is 0 Å². The van der Waals surface area contributed by atoms with E-state index in [0.717, 1.165) is 55.6 Å². The standard InChI is InChI=1S/C20H28N4O2/c1-3-23-10-9-14(11-13(23)2)21-20(26)22-18-6-4-5-16-17(18)12-24(19(16)25)15-7-8-15/h4-6,13-15H,3,7-12H2,1-2H3,(H2,21,22,26). The van der Waals surface area contributed by atoms with Crippen LogP contribution in [0.15, 0.2) is 18.2 Å². The predicted molar refractivity (Wildman–Crippen MR) is 101 cm³/mol. The highest BCUT2D eigenvalue weighted by Crippen LogP contribution is 2.37. The van der Waals surface area contributed by atoms with Gasteiger partial charge in [0.25, 0.3) is 5.91 Å². The molecule has 3 aliphatic rings. The van der Waals surface area contributed by atoms with E-state index in [0.29, 0.717) is 18.6 Å². The fourth-order valence-electron chi connectivity index (χ4n) is 4.32. The summed E-state index contributed by atoms with van der Waals surface area (Å²) in [6, 6.07) is 6.53. The van der Waals surface area contributed by atoms with E-state index in [-0.39, 0.29) is 18.0 Å². The molecular weight excluding hydrogens is 328 g/mol.